The van der Waals surface area contributed by atoms with Crippen LogP contribution >= 0.6 is 0 Å². The Morgan fingerprint density at radius 1 is 1.18 bits per heavy atom. The van der Waals surface area contributed by atoms with Crippen LogP contribution in [0.5, 0.6) is 0 Å². The molecule has 1 saturated carbocycles. The van der Waals surface area contributed by atoms with Crippen LogP contribution < -0.4 is 0 Å². The quantitative estimate of drug-likeness (QED) is 0.216. The standard InChI is InChI=1S/C29H27F4N7O3S/c1-3-39(44(42,43)26-17-38(2)37-36-26)23-7-4-19-13-25-18(16-35-40(25)22-8-5-21(30)6-9-22)14-28(19,15-23)27(41)24-12-20(10-11-34-24)29(31,32)33/h5-6,8-13,16-17,23H,3-4,7,14-15H2,1-2H3/t23-,28-/m0/s1. The van der Waals surface area contributed by atoms with Gasteiger partial charge in [-0.2, -0.15) is 22.6 Å². The van der Waals surface area contributed by atoms with Crippen molar-refractivity contribution in [3.8, 4) is 5.69 Å². The molecule has 6 rings (SSSR count). The first-order valence-corrected chi connectivity index (χ1v) is 15.3. The summed E-state index contributed by atoms with van der Waals surface area (Å²) >= 11 is 0. The van der Waals surface area contributed by atoms with Crippen LogP contribution in [0.25, 0.3) is 11.8 Å². The summed E-state index contributed by atoms with van der Waals surface area (Å²) in [6.07, 6.45) is 1.62. The van der Waals surface area contributed by atoms with E-state index in [1.807, 2.05) is 0 Å². The molecule has 4 aromatic rings. The lowest BCUT2D eigenvalue weighted by molar-refractivity contribution is -0.137. The van der Waals surface area contributed by atoms with Crippen molar-refractivity contribution in [2.45, 2.75) is 49.9 Å². The van der Waals surface area contributed by atoms with E-state index in [-0.39, 0.29) is 36.5 Å². The van der Waals surface area contributed by atoms with Crippen LogP contribution in [-0.4, -0.2) is 60.9 Å². The Morgan fingerprint density at radius 3 is 2.59 bits per heavy atom. The number of hydrogen-bond acceptors (Lipinski definition) is 7. The number of carbonyl (C=O) groups is 1. The second-order valence-corrected chi connectivity index (χ2v) is 12.8. The summed E-state index contributed by atoms with van der Waals surface area (Å²) in [6, 6.07) is 6.59. The molecule has 44 heavy (non-hydrogen) atoms. The predicted molar refractivity (Wildman–Crippen MR) is 149 cm³/mol. The number of hydrogen-bond donors (Lipinski definition) is 0. The average molecular weight is 630 g/mol. The third-order valence-electron chi connectivity index (χ3n) is 8.33. The number of halogens is 4. The Hall–Kier alpha value is -4.24. The largest absolute Gasteiger partial charge is 0.416 e. The van der Waals surface area contributed by atoms with Crippen molar-refractivity contribution in [3.63, 3.8) is 0 Å². The van der Waals surface area contributed by atoms with Gasteiger partial charge >= 0.3 is 6.18 Å². The molecule has 0 radical (unpaired) electrons. The summed E-state index contributed by atoms with van der Waals surface area (Å²) in [5.74, 6) is -1.05. The summed E-state index contributed by atoms with van der Waals surface area (Å²) in [5, 5.41) is 11.8. The highest BCUT2D eigenvalue weighted by Gasteiger charge is 2.52. The molecule has 2 aliphatic rings. The van der Waals surface area contributed by atoms with Gasteiger partial charge in [-0.25, -0.2) is 17.5 Å². The molecule has 15 heteroatoms. The molecular formula is C29H27F4N7O3S. The highest BCUT2D eigenvalue weighted by atomic mass is 32.2. The monoisotopic (exact) mass is 629 g/mol. The van der Waals surface area contributed by atoms with Crippen LogP contribution in [0.3, 0.4) is 0 Å². The normalized spacial score (nSPS) is 20.2. The minimum absolute atomic E-state index is 0.00406. The van der Waals surface area contributed by atoms with Crippen molar-refractivity contribution in [1.82, 2.24) is 34.1 Å². The second-order valence-electron chi connectivity index (χ2n) is 11.0. The molecule has 0 bridgehead atoms. The van der Waals surface area contributed by atoms with Gasteiger partial charge in [-0.1, -0.05) is 17.7 Å². The summed E-state index contributed by atoms with van der Waals surface area (Å²) in [4.78, 5) is 18.4. The highest BCUT2D eigenvalue weighted by molar-refractivity contribution is 7.89. The van der Waals surface area contributed by atoms with Crippen LogP contribution in [0.2, 0.25) is 0 Å². The van der Waals surface area contributed by atoms with Crippen LogP contribution in [0.1, 0.15) is 53.5 Å². The van der Waals surface area contributed by atoms with Crippen molar-refractivity contribution >= 4 is 21.9 Å². The van der Waals surface area contributed by atoms with E-state index >= 15 is 0 Å². The van der Waals surface area contributed by atoms with Gasteiger partial charge in [-0.3, -0.25) is 14.5 Å². The minimum Gasteiger partial charge on any atom is -0.291 e. The van der Waals surface area contributed by atoms with Crippen molar-refractivity contribution in [1.29, 1.82) is 0 Å². The van der Waals surface area contributed by atoms with E-state index in [2.05, 4.69) is 20.4 Å². The summed E-state index contributed by atoms with van der Waals surface area (Å²) in [5.41, 5.74) is -0.239. The average Bonchev–Trinajstić information content (AvgIpc) is 3.62. The van der Waals surface area contributed by atoms with Crippen molar-refractivity contribution < 1.29 is 30.8 Å². The topological polar surface area (TPSA) is 116 Å². The lowest BCUT2D eigenvalue weighted by atomic mass is 9.60. The molecule has 0 aliphatic heterocycles. The van der Waals surface area contributed by atoms with Gasteiger partial charge in [-0.15, -0.1) is 5.10 Å². The first-order valence-electron chi connectivity index (χ1n) is 13.8. The Kier molecular flexibility index (Phi) is 7.27. The van der Waals surface area contributed by atoms with Gasteiger partial charge in [-0.05, 0) is 73.7 Å². The van der Waals surface area contributed by atoms with Gasteiger partial charge in [0.05, 0.1) is 34.8 Å². The fourth-order valence-electron chi connectivity index (χ4n) is 6.28. The van der Waals surface area contributed by atoms with Gasteiger partial charge in [0, 0.05) is 25.8 Å². The first kappa shape index (κ1) is 29.8. The Balaban J connectivity index is 1.45. The molecule has 0 amide bonds. The van der Waals surface area contributed by atoms with Crippen molar-refractivity contribution in [2.24, 2.45) is 12.5 Å². The number of ketones is 1. The van der Waals surface area contributed by atoms with E-state index in [1.165, 1.54) is 27.3 Å². The van der Waals surface area contributed by atoms with E-state index in [0.29, 0.717) is 28.9 Å². The molecule has 0 spiro atoms. The van der Waals surface area contributed by atoms with Crippen LogP contribution in [-0.2, 0) is 29.7 Å². The predicted octanol–water partition coefficient (Wildman–Crippen LogP) is 4.63. The third-order valence-corrected chi connectivity index (χ3v) is 10.2. The summed E-state index contributed by atoms with van der Waals surface area (Å²) in [7, 11) is -2.57. The van der Waals surface area contributed by atoms with E-state index in [0.717, 1.165) is 18.3 Å². The maximum Gasteiger partial charge on any atom is 0.416 e. The zero-order valence-corrected chi connectivity index (χ0v) is 24.5. The highest BCUT2D eigenvalue weighted by Crippen LogP contribution is 2.51. The fourth-order valence-corrected chi connectivity index (χ4v) is 7.86. The van der Waals surface area contributed by atoms with E-state index in [4.69, 9.17) is 0 Å². The Morgan fingerprint density at radius 2 is 1.93 bits per heavy atom. The number of pyridine rings is 1. The third kappa shape index (κ3) is 5.03. The van der Waals surface area contributed by atoms with Gasteiger partial charge in [0.15, 0.2) is 5.78 Å². The van der Waals surface area contributed by atoms with Gasteiger partial charge < -0.3 is 0 Å². The zero-order valence-electron chi connectivity index (χ0n) is 23.7. The molecule has 10 nitrogen and oxygen atoms in total. The molecule has 1 fully saturated rings. The SMILES string of the molecule is CCN([C@H]1CCC2=Cc3c(cnn3-c3ccc(F)cc3)C[C@]2(C(=O)c2cc(C(F)(F)F)ccn2)C1)S(=O)(=O)c1cn(C)nn1. The molecular weight excluding hydrogens is 602 g/mol. The van der Waals surface area contributed by atoms with Crippen LogP contribution in [0, 0.1) is 11.2 Å². The number of allylic oxidation sites excluding steroid dienone is 1. The minimum atomic E-state index is -4.69. The number of aryl methyl sites for hydroxylation is 1. The number of alkyl halides is 3. The fraction of sp³-hybridized carbons (Fsp3) is 0.345. The van der Waals surface area contributed by atoms with E-state index in [1.54, 1.807) is 43.1 Å². The summed E-state index contributed by atoms with van der Waals surface area (Å²) < 4.78 is 86.0. The molecule has 0 saturated heterocycles. The molecule has 0 unspecified atom stereocenters. The van der Waals surface area contributed by atoms with Crippen LogP contribution in [0.4, 0.5) is 17.6 Å². The molecule has 3 heterocycles. The van der Waals surface area contributed by atoms with E-state index in [9.17, 15) is 30.8 Å². The van der Waals surface area contributed by atoms with Crippen molar-refractivity contribution in [2.75, 3.05) is 6.54 Å². The second kappa shape index (κ2) is 10.7. The number of fused-ring (bicyclic) bond motifs is 2. The maximum absolute atomic E-state index is 14.4. The van der Waals surface area contributed by atoms with Gasteiger partial charge in [0.25, 0.3) is 10.0 Å². The molecule has 2 aliphatic carbocycles. The number of carbonyl (C=O) groups excluding carboxylic acids is 1. The molecule has 230 valence electrons. The molecule has 3 aromatic heterocycles. The first-order chi connectivity index (χ1) is 20.8. The Bertz CT molecular complexity index is 1880. The molecule has 1 aromatic carbocycles. The van der Waals surface area contributed by atoms with Crippen molar-refractivity contribution in [3.05, 3.63) is 88.9 Å². The number of nitrogens with zero attached hydrogens (tertiary/aromatic N) is 7. The van der Waals surface area contributed by atoms with Crippen LogP contribution in [0.15, 0.2) is 65.6 Å². The van der Waals surface area contributed by atoms with Gasteiger partial charge in [0.2, 0.25) is 5.03 Å². The molecule has 2 atom stereocenters. The number of Topliss-reactive ketones (excluding diaryl/α,β-unsaturated/α-hetero) is 1. The smallest absolute Gasteiger partial charge is 0.291 e. The number of rotatable bonds is 7. The zero-order chi connectivity index (χ0) is 31.4. The number of aromatic nitrogens is 6. The maximum atomic E-state index is 14.4. The molecule has 0 N–H and O–H groups in total. The lowest BCUT2D eigenvalue weighted by Crippen LogP contribution is -2.50. The van der Waals surface area contributed by atoms with Gasteiger partial charge in [0.1, 0.15) is 11.5 Å². The number of sulfonamides is 1. The number of benzene rings is 1. The van der Waals surface area contributed by atoms with E-state index < -0.39 is 44.8 Å². The lowest BCUT2D eigenvalue weighted by Gasteiger charge is -2.46. The Labute approximate surface area is 250 Å². The summed E-state index contributed by atoms with van der Waals surface area (Å²) in [6.45, 7) is 1.75.